The summed E-state index contributed by atoms with van der Waals surface area (Å²) >= 11 is 11.1. The molecule has 0 aliphatic rings. The van der Waals surface area contributed by atoms with Crippen LogP contribution in [0.2, 0.25) is 0 Å². The van der Waals surface area contributed by atoms with E-state index in [2.05, 4.69) is 26.5 Å². The lowest BCUT2D eigenvalue weighted by Gasteiger charge is -2.16. The second-order valence-corrected chi connectivity index (χ2v) is 7.39. The number of hydrogen-bond acceptors (Lipinski definition) is 4. The van der Waals surface area contributed by atoms with Gasteiger partial charge in [0.2, 0.25) is 5.12 Å². The fourth-order valence-electron chi connectivity index (χ4n) is 1.80. The number of aryl methyl sites for hydroxylation is 1. The molecule has 0 aliphatic heterocycles. The molecule has 0 saturated heterocycles. The van der Waals surface area contributed by atoms with E-state index < -0.39 is 0 Å². The number of thioether (sulfide) groups is 1. The summed E-state index contributed by atoms with van der Waals surface area (Å²) in [7, 11) is 0. The van der Waals surface area contributed by atoms with Crippen LogP contribution in [0.3, 0.4) is 0 Å². The molecule has 0 radical (unpaired) electrons. The Morgan fingerprint density at radius 1 is 1.38 bits per heavy atom. The standard InChI is InChI=1S/C17H22OS3/c1-11(2)16(10-19)21-17(18)13(4)9-15(20)14-8-6-5-7-12(14)3/h5-9,11,16,19H,10H2,1-4H3/b13-9+. The Morgan fingerprint density at radius 3 is 2.52 bits per heavy atom. The molecule has 0 heterocycles. The first-order valence-electron chi connectivity index (χ1n) is 6.97. The van der Waals surface area contributed by atoms with Crippen molar-refractivity contribution >= 4 is 46.6 Å². The quantitative estimate of drug-likeness (QED) is 0.345. The third-order valence-corrected chi connectivity index (χ3v) is 5.79. The molecule has 1 rings (SSSR count). The first-order chi connectivity index (χ1) is 9.86. The fraction of sp³-hybridized carbons (Fsp3) is 0.412. The molecule has 0 spiro atoms. The van der Waals surface area contributed by atoms with Crippen molar-refractivity contribution in [3.05, 3.63) is 47.0 Å². The predicted molar refractivity (Wildman–Crippen MR) is 102 cm³/mol. The lowest BCUT2D eigenvalue weighted by Crippen LogP contribution is -2.16. The minimum absolute atomic E-state index is 0.0821. The van der Waals surface area contributed by atoms with Gasteiger partial charge >= 0.3 is 0 Å². The molecular weight excluding hydrogens is 316 g/mol. The minimum Gasteiger partial charge on any atom is -0.282 e. The second kappa shape index (κ2) is 8.76. The van der Waals surface area contributed by atoms with E-state index in [0.29, 0.717) is 22.1 Å². The summed E-state index contributed by atoms with van der Waals surface area (Å²) in [4.78, 5) is 13.0. The average molecular weight is 339 g/mol. The minimum atomic E-state index is 0.0821. The van der Waals surface area contributed by atoms with Crippen LogP contribution in [0.4, 0.5) is 0 Å². The molecule has 1 nitrogen and oxygen atoms in total. The van der Waals surface area contributed by atoms with Crippen molar-refractivity contribution < 1.29 is 4.79 Å². The smallest absolute Gasteiger partial charge is 0.215 e. The SMILES string of the molecule is C/C(=C\C(=S)c1ccccc1C)C(=O)SC(CS)C(C)C. The van der Waals surface area contributed by atoms with E-state index in [-0.39, 0.29) is 10.4 Å². The molecular formula is C17H22OS3. The Bertz CT molecular complexity index is 547. The average Bonchev–Trinajstić information content (AvgIpc) is 2.44. The van der Waals surface area contributed by atoms with Gasteiger partial charge in [-0.2, -0.15) is 12.6 Å². The largest absolute Gasteiger partial charge is 0.282 e. The summed E-state index contributed by atoms with van der Waals surface area (Å²) in [6, 6.07) is 7.96. The maximum Gasteiger partial charge on any atom is 0.215 e. The van der Waals surface area contributed by atoms with Gasteiger partial charge in [0.25, 0.3) is 0 Å². The molecule has 0 amide bonds. The van der Waals surface area contributed by atoms with Gasteiger partial charge in [0.05, 0.1) is 0 Å². The zero-order valence-corrected chi connectivity index (χ0v) is 15.4. The zero-order valence-electron chi connectivity index (χ0n) is 12.9. The number of carbonyl (C=O) groups is 1. The van der Waals surface area contributed by atoms with Gasteiger partial charge in [-0.05, 0) is 37.0 Å². The van der Waals surface area contributed by atoms with E-state index in [4.69, 9.17) is 12.2 Å². The van der Waals surface area contributed by atoms with Crippen molar-refractivity contribution in [1.82, 2.24) is 0 Å². The summed E-state index contributed by atoms with van der Waals surface area (Å²) < 4.78 is 0. The van der Waals surface area contributed by atoms with Crippen molar-refractivity contribution in [2.24, 2.45) is 5.92 Å². The Labute approximate surface area is 143 Å². The van der Waals surface area contributed by atoms with E-state index in [1.54, 1.807) is 0 Å². The van der Waals surface area contributed by atoms with Gasteiger partial charge in [-0.25, -0.2) is 0 Å². The third kappa shape index (κ3) is 5.61. The topological polar surface area (TPSA) is 17.1 Å². The summed E-state index contributed by atoms with van der Waals surface area (Å²) in [5, 5.41) is 0.315. The van der Waals surface area contributed by atoms with Crippen LogP contribution in [0.5, 0.6) is 0 Å². The monoisotopic (exact) mass is 338 g/mol. The van der Waals surface area contributed by atoms with E-state index in [1.807, 2.05) is 44.2 Å². The van der Waals surface area contributed by atoms with Crippen LogP contribution in [0, 0.1) is 12.8 Å². The summed E-state index contributed by atoms with van der Waals surface area (Å²) in [5.74, 6) is 1.12. The number of hydrogen-bond donors (Lipinski definition) is 1. The third-order valence-electron chi connectivity index (χ3n) is 3.26. The van der Waals surface area contributed by atoms with Gasteiger partial charge in [0.15, 0.2) is 0 Å². The molecule has 1 unspecified atom stereocenters. The molecule has 1 aromatic carbocycles. The number of allylic oxidation sites excluding steroid dienone is 1. The molecule has 0 fully saturated rings. The summed E-state index contributed by atoms with van der Waals surface area (Å²) in [5.41, 5.74) is 2.84. The highest BCUT2D eigenvalue weighted by atomic mass is 32.2. The molecule has 1 aromatic rings. The highest BCUT2D eigenvalue weighted by Crippen LogP contribution is 2.24. The highest BCUT2D eigenvalue weighted by molar-refractivity contribution is 8.15. The number of rotatable bonds is 6. The first kappa shape index (κ1) is 18.5. The van der Waals surface area contributed by atoms with Gasteiger partial charge in [0.1, 0.15) is 0 Å². The Kier molecular flexibility index (Phi) is 7.71. The lowest BCUT2D eigenvalue weighted by atomic mass is 10.0. The first-order valence-corrected chi connectivity index (χ1v) is 8.89. The number of carbonyl (C=O) groups excluding carboxylic acids is 1. The number of thiol groups is 1. The van der Waals surface area contributed by atoms with E-state index in [9.17, 15) is 4.79 Å². The molecule has 0 aliphatic carbocycles. The van der Waals surface area contributed by atoms with Crippen molar-refractivity contribution in [2.45, 2.75) is 32.9 Å². The molecule has 4 heteroatoms. The van der Waals surface area contributed by atoms with Gasteiger partial charge < -0.3 is 0 Å². The van der Waals surface area contributed by atoms with Gasteiger partial charge in [-0.15, -0.1) is 0 Å². The number of thiocarbonyl (C=S) groups is 1. The lowest BCUT2D eigenvalue weighted by molar-refractivity contribution is -0.107. The van der Waals surface area contributed by atoms with Crippen molar-refractivity contribution in [3.63, 3.8) is 0 Å². The van der Waals surface area contributed by atoms with Crippen LogP contribution >= 0.6 is 36.6 Å². The summed E-state index contributed by atoms with van der Waals surface area (Å²) in [6.45, 7) is 8.07. The van der Waals surface area contributed by atoms with Crippen LogP contribution in [0.15, 0.2) is 35.9 Å². The van der Waals surface area contributed by atoms with E-state index in [0.717, 1.165) is 11.1 Å². The summed E-state index contributed by atoms with van der Waals surface area (Å²) in [6.07, 6.45) is 1.81. The van der Waals surface area contributed by atoms with Gasteiger partial charge in [0, 0.05) is 21.4 Å². The molecule has 0 N–H and O–H groups in total. The van der Waals surface area contributed by atoms with Crippen LogP contribution < -0.4 is 0 Å². The molecule has 1 atom stereocenters. The maximum absolute atomic E-state index is 12.3. The predicted octanol–water partition coefficient (Wildman–Crippen LogP) is 4.87. The van der Waals surface area contributed by atoms with Crippen molar-refractivity contribution in [3.8, 4) is 0 Å². The number of benzene rings is 1. The highest BCUT2D eigenvalue weighted by Gasteiger charge is 2.18. The van der Waals surface area contributed by atoms with Crippen molar-refractivity contribution in [2.75, 3.05) is 5.75 Å². The normalized spacial score (nSPS) is 13.3. The zero-order chi connectivity index (χ0) is 16.0. The van der Waals surface area contributed by atoms with Crippen LogP contribution in [-0.4, -0.2) is 21.0 Å². The molecule has 21 heavy (non-hydrogen) atoms. The molecule has 0 aromatic heterocycles. The van der Waals surface area contributed by atoms with E-state index >= 15 is 0 Å². The Balaban J connectivity index is 2.82. The fourth-order valence-corrected chi connectivity index (χ4v) is 3.71. The van der Waals surface area contributed by atoms with Crippen LogP contribution in [0.1, 0.15) is 31.9 Å². The van der Waals surface area contributed by atoms with Gasteiger partial charge in [-0.3, -0.25) is 4.79 Å². The maximum atomic E-state index is 12.3. The Hall–Kier alpha value is -0.580. The molecule has 0 saturated carbocycles. The van der Waals surface area contributed by atoms with Crippen LogP contribution in [0.25, 0.3) is 0 Å². The molecule has 114 valence electrons. The van der Waals surface area contributed by atoms with E-state index in [1.165, 1.54) is 11.8 Å². The second-order valence-electron chi connectivity index (χ2n) is 5.38. The van der Waals surface area contributed by atoms with Crippen molar-refractivity contribution in [1.29, 1.82) is 0 Å². The Morgan fingerprint density at radius 2 is 2.00 bits per heavy atom. The van der Waals surface area contributed by atoms with Crippen LogP contribution in [-0.2, 0) is 4.79 Å². The molecule has 0 bridgehead atoms. The van der Waals surface area contributed by atoms with Gasteiger partial charge in [-0.1, -0.05) is 62.1 Å².